The number of ether oxygens (including phenoxy) is 1. The van der Waals surface area contributed by atoms with Crippen molar-refractivity contribution in [1.82, 2.24) is 0 Å². The molecule has 0 aliphatic rings. The molecule has 0 aromatic heterocycles. The molecule has 0 unspecified atom stereocenters. The van der Waals surface area contributed by atoms with Crippen LogP contribution >= 0.6 is 0 Å². The van der Waals surface area contributed by atoms with Crippen molar-refractivity contribution in [2.24, 2.45) is 0 Å². The Bertz CT molecular complexity index is 334. The Kier molecular flexibility index (Phi) is 3.63. The highest BCUT2D eigenvalue weighted by atomic mass is 19.1. The lowest BCUT2D eigenvalue weighted by Gasteiger charge is -2.04. The molecule has 1 rings (SSSR count). The van der Waals surface area contributed by atoms with E-state index in [-0.39, 0.29) is 5.56 Å². The van der Waals surface area contributed by atoms with E-state index in [9.17, 15) is 9.18 Å². The molecule has 0 amide bonds. The van der Waals surface area contributed by atoms with Gasteiger partial charge in [0.25, 0.3) is 0 Å². The van der Waals surface area contributed by atoms with Gasteiger partial charge in [0.1, 0.15) is 5.82 Å². The molecule has 0 saturated heterocycles. The molecule has 0 fully saturated rings. The molecule has 2 nitrogen and oxygen atoms in total. The quantitative estimate of drug-likeness (QED) is 0.695. The third-order valence-electron chi connectivity index (χ3n) is 1.78. The maximum absolute atomic E-state index is 13.1. The number of aryl methyl sites for hydroxylation is 1. The summed E-state index contributed by atoms with van der Waals surface area (Å²) in [6.45, 7) is 4.02. The number of benzene rings is 1. The largest absolute Gasteiger partial charge is 0.462 e. The molecule has 0 heterocycles. The molecular weight excluding hydrogens is 183 g/mol. The van der Waals surface area contributed by atoms with Gasteiger partial charge in [-0.3, -0.25) is 0 Å². The summed E-state index contributed by atoms with van der Waals surface area (Å²) in [4.78, 5) is 11.3. The summed E-state index contributed by atoms with van der Waals surface area (Å²) in [5, 5.41) is 0. The van der Waals surface area contributed by atoms with E-state index in [1.807, 2.05) is 6.92 Å². The number of halogens is 1. The molecule has 0 aliphatic carbocycles. The third-order valence-corrected chi connectivity index (χ3v) is 1.78. The van der Waals surface area contributed by atoms with Gasteiger partial charge in [-0.05, 0) is 25.5 Å². The molecule has 14 heavy (non-hydrogen) atoms. The van der Waals surface area contributed by atoms with Gasteiger partial charge in [0, 0.05) is 0 Å². The summed E-state index contributed by atoms with van der Waals surface area (Å²) < 4.78 is 18.0. The standard InChI is InChI=1S/C11H13FO2/c1-3-6-14-11(13)9-7-8(2)4-5-10(9)12/h4-5,7H,3,6H2,1-2H3. The highest BCUT2D eigenvalue weighted by Crippen LogP contribution is 2.11. The fraction of sp³-hybridized carbons (Fsp3) is 0.364. The van der Waals surface area contributed by atoms with Crippen molar-refractivity contribution >= 4 is 5.97 Å². The van der Waals surface area contributed by atoms with Gasteiger partial charge >= 0.3 is 5.97 Å². The molecule has 0 bridgehead atoms. The lowest BCUT2D eigenvalue weighted by molar-refractivity contribution is 0.0499. The number of hydrogen-bond donors (Lipinski definition) is 0. The Morgan fingerprint density at radius 2 is 2.21 bits per heavy atom. The van der Waals surface area contributed by atoms with E-state index in [2.05, 4.69) is 0 Å². The molecule has 3 heteroatoms. The van der Waals surface area contributed by atoms with Crippen molar-refractivity contribution in [3.05, 3.63) is 35.1 Å². The molecule has 0 aliphatic heterocycles. The van der Waals surface area contributed by atoms with E-state index < -0.39 is 11.8 Å². The molecule has 0 saturated carbocycles. The lowest BCUT2D eigenvalue weighted by Crippen LogP contribution is -2.08. The van der Waals surface area contributed by atoms with Gasteiger partial charge in [0.15, 0.2) is 0 Å². The van der Waals surface area contributed by atoms with Crippen LogP contribution in [0.3, 0.4) is 0 Å². The van der Waals surface area contributed by atoms with Crippen molar-refractivity contribution in [2.45, 2.75) is 20.3 Å². The van der Waals surface area contributed by atoms with E-state index in [0.717, 1.165) is 12.0 Å². The van der Waals surface area contributed by atoms with Crippen LogP contribution in [0, 0.1) is 12.7 Å². The van der Waals surface area contributed by atoms with Crippen LogP contribution in [0.4, 0.5) is 4.39 Å². The zero-order valence-electron chi connectivity index (χ0n) is 8.34. The van der Waals surface area contributed by atoms with Crippen LogP contribution in [0.1, 0.15) is 29.3 Å². The van der Waals surface area contributed by atoms with Crippen LogP contribution in [-0.2, 0) is 4.74 Å². The first kappa shape index (κ1) is 10.7. The minimum Gasteiger partial charge on any atom is -0.462 e. The summed E-state index contributed by atoms with van der Waals surface area (Å²) in [7, 11) is 0. The second kappa shape index (κ2) is 4.74. The monoisotopic (exact) mass is 196 g/mol. The molecule has 0 N–H and O–H groups in total. The predicted molar refractivity (Wildman–Crippen MR) is 51.7 cm³/mol. The van der Waals surface area contributed by atoms with E-state index in [1.165, 1.54) is 12.1 Å². The normalized spacial score (nSPS) is 9.93. The summed E-state index contributed by atoms with van der Waals surface area (Å²) >= 11 is 0. The Labute approximate surface area is 82.7 Å². The van der Waals surface area contributed by atoms with Gasteiger partial charge < -0.3 is 4.74 Å². The number of esters is 1. The van der Waals surface area contributed by atoms with Gasteiger partial charge in [-0.1, -0.05) is 18.6 Å². The van der Waals surface area contributed by atoms with Crippen LogP contribution < -0.4 is 0 Å². The van der Waals surface area contributed by atoms with Crippen molar-refractivity contribution in [3.8, 4) is 0 Å². The number of carbonyl (C=O) groups excluding carboxylic acids is 1. The zero-order chi connectivity index (χ0) is 10.6. The number of hydrogen-bond acceptors (Lipinski definition) is 2. The van der Waals surface area contributed by atoms with Crippen LogP contribution in [0.25, 0.3) is 0 Å². The average molecular weight is 196 g/mol. The maximum atomic E-state index is 13.1. The third kappa shape index (κ3) is 2.55. The van der Waals surface area contributed by atoms with Crippen LogP contribution in [0.2, 0.25) is 0 Å². The molecule has 0 radical (unpaired) electrons. The molecule has 1 aromatic carbocycles. The predicted octanol–water partition coefficient (Wildman–Crippen LogP) is 2.70. The van der Waals surface area contributed by atoms with E-state index >= 15 is 0 Å². The lowest BCUT2D eigenvalue weighted by atomic mass is 10.1. The van der Waals surface area contributed by atoms with Crippen molar-refractivity contribution in [2.75, 3.05) is 6.61 Å². The van der Waals surface area contributed by atoms with Crippen LogP contribution in [-0.4, -0.2) is 12.6 Å². The van der Waals surface area contributed by atoms with Gasteiger partial charge in [-0.2, -0.15) is 0 Å². The number of carbonyl (C=O) groups is 1. The van der Waals surface area contributed by atoms with Crippen LogP contribution in [0.15, 0.2) is 18.2 Å². The fourth-order valence-corrected chi connectivity index (χ4v) is 1.07. The highest BCUT2D eigenvalue weighted by molar-refractivity contribution is 5.89. The fourth-order valence-electron chi connectivity index (χ4n) is 1.07. The SMILES string of the molecule is CCCOC(=O)c1cc(C)ccc1F. The van der Waals surface area contributed by atoms with Gasteiger partial charge in [0.2, 0.25) is 0 Å². The van der Waals surface area contributed by atoms with Crippen molar-refractivity contribution in [3.63, 3.8) is 0 Å². The Hall–Kier alpha value is -1.38. The minimum absolute atomic E-state index is 0.0125. The van der Waals surface area contributed by atoms with E-state index in [0.29, 0.717) is 6.61 Å². The van der Waals surface area contributed by atoms with Gasteiger partial charge in [-0.25, -0.2) is 9.18 Å². The summed E-state index contributed by atoms with van der Waals surface area (Å²) in [6, 6.07) is 4.39. The molecule has 0 atom stereocenters. The smallest absolute Gasteiger partial charge is 0.341 e. The Balaban J connectivity index is 2.83. The first-order valence-corrected chi connectivity index (χ1v) is 4.58. The maximum Gasteiger partial charge on any atom is 0.341 e. The van der Waals surface area contributed by atoms with Crippen molar-refractivity contribution < 1.29 is 13.9 Å². The van der Waals surface area contributed by atoms with Crippen molar-refractivity contribution in [1.29, 1.82) is 0 Å². The van der Waals surface area contributed by atoms with Gasteiger partial charge in [0.05, 0.1) is 12.2 Å². The number of rotatable bonds is 3. The Morgan fingerprint density at radius 3 is 2.86 bits per heavy atom. The van der Waals surface area contributed by atoms with Gasteiger partial charge in [-0.15, -0.1) is 0 Å². The molecule has 0 spiro atoms. The molecule has 1 aromatic rings. The van der Waals surface area contributed by atoms with E-state index in [4.69, 9.17) is 4.74 Å². The van der Waals surface area contributed by atoms with E-state index in [1.54, 1.807) is 13.0 Å². The second-order valence-electron chi connectivity index (χ2n) is 3.12. The average Bonchev–Trinajstić information content (AvgIpc) is 2.18. The zero-order valence-corrected chi connectivity index (χ0v) is 8.34. The minimum atomic E-state index is -0.590. The molecular formula is C11H13FO2. The molecule has 76 valence electrons. The highest BCUT2D eigenvalue weighted by Gasteiger charge is 2.12. The topological polar surface area (TPSA) is 26.3 Å². The second-order valence-corrected chi connectivity index (χ2v) is 3.12. The summed E-state index contributed by atoms with van der Waals surface area (Å²) in [6.07, 6.45) is 0.735. The first-order valence-electron chi connectivity index (χ1n) is 4.58. The summed E-state index contributed by atoms with van der Waals surface area (Å²) in [5.74, 6) is -1.12. The Morgan fingerprint density at radius 1 is 1.50 bits per heavy atom. The van der Waals surface area contributed by atoms with Crippen LogP contribution in [0.5, 0.6) is 0 Å². The first-order chi connectivity index (χ1) is 6.65. The summed E-state index contributed by atoms with van der Waals surface area (Å²) in [5.41, 5.74) is 0.855.